The van der Waals surface area contributed by atoms with Crippen molar-refractivity contribution in [3.8, 4) is 11.5 Å². The minimum Gasteiger partial charge on any atom is -0.493 e. The molecular formula is C28H42N2O5S. The van der Waals surface area contributed by atoms with Crippen LogP contribution in [0.1, 0.15) is 55.5 Å². The zero-order valence-corrected chi connectivity index (χ0v) is 23.3. The summed E-state index contributed by atoms with van der Waals surface area (Å²) >= 11 is 1.66. The summed E-state index contributed by atoms with van der Waals surface area (Å²) in [5.74, 6) is 1.35. The molecular weight excluding hydrogens is 476 g/mol. The van der Waals surface area contributed by atoms with Gasteiger partial charge in [0.25, 0.3) is 0 Å². The van der Waals surface area contributed by atoms with Crippen LogP contribution >= 0.6 is 11.3 Å². The van der Waals surface area contributed by atoms with Crippen LogP contribution in [-0.4, -0.2) is 68.7 Å². The molecule has 0 unspecified atom stereocenters. The van der Waals surface area contributed by atoms with Gasteiger partial charge in [-0.2, -0.15) is 0 Å². The smallest absolute Gasteiger partial charge is 0.242 e. The zero-order chi connectivity index (χ0) is 26.3. The summed E-state index contributed by atoms with van der Waals surface area (Å²) in [6.07, 6.45) is 3.63. The molecule has 0 aliphatic carbocycles. The van der Waals surface area contributed by atoms with Crippen molar-refractivity contribution in [3.63, 3.8) is 0 Å². The maximum atomic E-state index is 13.6. The van der Waals surface area contributed by atoms with E-state index in [0.717, 1.165) is 23.3 Å². The second-order valence-electron chi connectivity index (χ2n) is 8.75. The second kappa shape index (κ2) is 16.2. The summed E-state index contributed by atoms with van der Waals surface area (Å²) in [6.45, 7) is 9.01. The van der Waals surface area contributed by atoms with Crippen LogP contribution in [0.4, 0.5) is 0 Å². The van der Waals surface area contributed by atoms with Crippen LogP contribution in [-0.2, 0) is 27.3 Å². The van der Waals surface area contributed by atoms with Crippen LogP contribution in [0.15, 0.2) is 29.6 Å². The standard InChI is InChI=1S/C28H42N2O5S/c1-6-8-10-27(31)29(15-9-17-35-7-2)21-28(32)30(20-26-22(3)14-18-36-26)16-13-23-11-12-24(33-4)25(19-23)34-5/h11-12,14,18-19H,6-10,13,15-17,20-21H2,1-5H3. The van der Waals surface area contributed by atoms with Gasteiger partial charge in [0, 0.05) is 37.6 Å². The number of unbranched alkanes of at least 4 members (excludes halogenated alkanes) is 1. The van der Waals surface area contributed by atoms with E-state index in [9.17, 15) is 9.59 Å². The number of thiophene rings is 1. The molecule has 0 aliphatic rings. The Morgan fingerprint density at radius 1 is 0.944 bits per heavy atom. The lowest BCUT2D eigenvalue weighted by atomic mass is 10.1. The average molecular weight is 519 g/mol. The Balaban J connectivity index is 2.16. The molecule has 0 aliphatic heterocycles. The number of rotatable bonds is 17. The third-order valence-corrected chi connectivity index (χ3v) is 7.13. The number of hydrogen-bond donors (Lipinski definition) is 0. The van der Waals surface area contributed by atoms with E-state index in [1.807, 2.05) is 30.0 Å². The summed E-state index contributed by atoms with van der Waals surface area (Å²) in [5, 5.41) is 2.05. The number of aryl methyl sites for hydroxylation is 1. The highest BCUT2D eigenvalue weighted by atomic mass is 32.1. The van der Waals surface area contributed by atoms with Gasteiger partial charge >= 0.3 is 0 Å². The van der Waals surface area contributed by atoms with Gasteiger partial charge in [-0.25, -0.2) is 0 Å². The van der Waals surface area contributed by atoms with Gasteiger partial charge in [-0.3, -0.25) is 9.59 Å². The Morgan fingerprint density at radius 2 is 1.72 bits per heavy atom. The van der Waals surface area contributed by atoms with Crippen molar-refractivity contribution in [1.82, 2.24) is 9.80 Å². The van der Waals surface area contributed by atoms with Crippen LogP contribution in [0.25, 0.3) is 0 Å². The van der Waals surface area contributed by atoms with Crippen LogP contribution in [0.5, 0.6) is 11.5 Å². The first-order valence-corrected chi connectivity index (χ1v) is 13.7. The first kappa shape index (κ1) is 29.6. The van der Waals surface area contributed by atoms with Crippen LogP contribution in [0.2, 0.25) is 0 Å². The van der Waals surface area contributed by atoms with Crippen molar-refractivity contribution in [2.75, 3.05) is 47.1 Å². The molecule has 8 heteroatoms. The molecule has 1 aromatic carbocycles. The molecule has 1 heterocycles. The van der Waals surface area contributed by atoms with Gasteiger partial charge in [0.15, 0.2) is 11.5 Å². The predicted molar refractivity (Wildman–Crippen MR) is 145 cm³/mol. The number of ether oxygens (including phenoxy) is 3. The lowest BCUT2D eigenvalue weighted by Crippen LogP contribution is -2.44. The van der Waals surface area contributed by atoms with Crippen molar-refractivity contribution in [2.24, 2.45) is 0 Å². The molecule has 2 aromatic rings. The lowest BCUT2D eigenvalue weighted by Gasteiger charge is -2.28. The van der Waals surface area contributed by atoms with E-state index < -0.39 is 0 Å². The number of amides is 2. The van der Waals surface area contributed by atoms with Gasteiger partial charge in [0.2, 0.25) is 11.8 Å². The number of carbonyl (C=O) groups excluding carboxylic acids is 2. The summed E-state index contributed by atoms with van der Waals surface area (Å²) < 4.78 is 16.2. The van der Waals surface area contributed by atoms with Crippen molar-refractivity contribution in [1.29, 1.82) is 0 Å². The second-order valence-corrected chi connectivity index (χ2v) is 9.75. The third-order valence-electron chi connectivity index (χ3n) is 6.12. The lowest BCUT2D eigenvalue weighted by molar-refractivity contribution is -0.141. The van der Waals surface area contributed by atoms with Crippen LogP contribution < -0.4 is 9.47 Å². The monoisotopic (exact) mass is 518 g/mol. The molecule has 200 valence electrons. The topological polar surface area (TPSA) is 68.3 Å². The molecule has 0 atom stereocenters. The molecule has 2 rings (SSSR count). The normalized spacial score (nSPS) is 10.8. The third kappa shape index (κ3) is 9.47. The molecule has 7 nitrogen and oxygen atoms in total. The summed E-state index contributed by atoms with van der Waals surface area (Å²) in [6, 6.07) is 7.91. The number of carbonyl (C=O) groups is 2. The highest BCUT2D eigenvalue weighted by Gasteiger charge is 2.22. The van der Waals surface area contributed by atoms with Gasteiger partial charge in [-0.1, -0.05) is 19.4 Å². The molecule has 2 amide bonds. The summed E-state index contributed by atoms with van der Waals surface area (Å²) in [7, 11) is 3.23. The van der Waals surface area contributed by atoms with E-state index in [1.165, 1.54) is 5.56 Å². The fourth-order valence-electron chi connectivity index (χ4n) is 3.87. The van der Waals surface area contributed by atoms with Crippen molar-refractivity contribution >= 4 is 23.2 Å². The Labute approximate surface area is 220 Å². The summed E-state index contributed by atoms with van der Waals surface area (Å²) in [4.78, 5) is 31.2. The molecule has 0 fully saturated rings. The Morgan fingerprint density at radius 3 is 2.36 bits per heavy atom. The van der Waals surface area contributed by atoms with E-state index in [2.05, 4.69) is 25.3 Å². The first-order chi connectivity index (χ1) is 17.4. The minimum atomic E-state index is -0.0375. The predicted octanol–water partition coefficient (Wildman–Crippen LogP) is 5.09. The largest absolute Gasteiger partial charge is 0.493 e. The highest BCUT2D eigenvalue weighted by Crippen LogP contribution is 2.28. The molecule has 0 saturated carbocycles. The van der Waals surface area contributed by atoms with Gasteiger partial charge in [-0.05, 0) is 67.8 Å². The Hall–Kier alpha value is -2.58. The van der Waals surface area contributed by atoms with E-state index >= 15 is 0 Å². The molecule has 0 spiro atoms. The maximum Gasteiger partial charge on any atom is 0.242 e. The Kier molecular flexibility index (Phi) is 13.4. The maximum absolute atomic E-state index is 13.6. The number of methoxy groups -OCH3 is 2. The van der Waals surface area contributed by atoms with Crippen molar-refractivity contribution in [2.45, 2.75) is 59.4 Å². The molecule has 1 aromatic heterocycles. The minimum absolute atomic E-state index is 0.0360. The average Bonchev–Trinajstić information content (AvgIpc) is 3.30. The van der Waals surface area contributed by atoms with E-state index in [4.69, 9.17) is 14.2 Å². The fraction of sp³-hybridized carbons (Fsp3) is 0.571. The quantitative estimate of drug-likeness (QED) is 0.273. The van der Waals surface area contributed by atoms with E-state index in [-0.39, 0.29) is 18.4 Å². The molecule has 0 N–H and O–H groups in total. The fourth-order valence-corrected chi connectivity index (χ4v) is 4.80. The SMILES string of the molecule is CCCCC(=O)N(CCCOCC)CC(=O)N(CCc1ccc(OC)c(OC)c1)Cc1sccc1C. The first-order valence-electron chi connectivity index (χ1n) is 12.8. The highest BCUT2D eigenvalue weighted by molar-refractivity contribution is 7.10. The zero-order valence-electron chi connectivity index (χ0n) is 22.5. The molecule has 0 radical (unpaired) electrons. The van der Waals surface area contributed by atoms with E-state index in [1.54, 1.807) is 30.5 Å². The number of benzene rings is 1. The van der Waals surface area contributed by atoms with E-state index in [0.29, 0.717) is 63.6 Å². The van der Waals surface area contributed by atoms with Gasteiger partial charge < -0.3 is 24.0 Å². The number of nitrogens with zero attached hydrogens (tertiary/aromatic N) is 2. The van der Waals surface area contributed by atoms with Crippen LogP contribution in [0, 0.1) is 6.92 Å². The van der Waals surface area contributed by atoms with Gasteiger partial charge in [-0.15, -0.1) is 11.3 Å². The molecule has 36 heavy (non-hydrogen) atoms. The number of hydrogen-bond acceptors (Lipinski definition) is 6. The van der Waals surface area contributed by atoms with Crippen molar-refractivity contribution < 1.29 is 23.8 Å². The van der Waals surface area contributed by atoms with Gasteiger partial charge in [0.1, 0.15) is 0 Å². The summed E-state index contributed by atoms with van der Waals surface area (Å²) in [5.41, 5.74) is 2.23. The molecule has 0 bridgehead atoms. The van der Waals surface area contributed by atoms with Crippen LogP contribution in [0.3, 0.4) is 0 Å². The van der Waals surface area contributed by atoms with Crippen molar-refractivity contribution in [3.05, 3.63) is 45.6 Å². The van der Waals surface area contributed by atoms with Gasteiger partial charge in [0.05, 0.1) is 27.3 Å². The molecule has 0 saturated heterocycles. The Bertz CT molecular complexity index is 946.